The predicted octanol–water partition coefficient (Wildman–Crippen LogP) is 3.74. The average molecular weight is 405 g/mol. The first kappa shape index (κ1) is 19.1. The molecule has 1 atom stereocenters. The van der Waals surface area contributed by atoms with E-state index in [4.69, 9.17) is 14.5 Å². The standard InChI is InChI=1S/C20H24N2O3S2/c1-12-8-13(2)10-15(9-12)22-19(23)18-16(11-14(3)27-18)21-20(22)26-7-4-17-24-5-6-25-17/h8-10,14,17H,4-7,11H2,1-3H3. The Morgan fingerprint density at radius 1 is 1.22 bits per heavy atom. The zero-order valence-electron chi connectivity index (χ0n) is 15.9. The molecule has 3 heterocycles. The number of fused-ring (bicyclic) bond motifs is 1. The van der Waals surface area contributed by atoms with Gasteiger partial charge in [0.2, 0.25) is 0 Å². The lowest BCUT2D eigenvalue weighted by Crippen LogP contribution is -2.24. The summed E-state index contributed by atoms with van der Waals surface area (Å²) in [6.45, 7) is 7.58. The van der Waals surface area contributed by atoms with Crippen molar-refractivity contribution in [2.24, 2.45) is 0 Å². The summed E-state index contributed by atoms with van der Waals surface area (Å²) in [4.78, 5) is 19.0. The second-order valence-electron chi connectivity index (χ2n) is 7.10. The summed E-state index contributed by atoms with van der Waals surface area (Å²) >= 11 is 3.25. The van der Waals surface area contributed by atoms with Crippen LogP contribution in [0.15, 0.2) is 33.0 Å². The molecule has 0 saturated carbocycles. The molecular weight excluding hydrogens is 380 g/mol. The van der Waals surface area contributed by atoms with Gasteiger partial charge in [0.15, 0.2) is 11.4 Å². The molecule has 1 aromatic carbocycles. The molecule has 2 aliphatic heterocycles. The van der Waals surface area contributed by atoms with Crippen molar-refractivity contribution in [2.75, 3.05) is 19.0 Å². The summed E-state index contributed by atoms with van der Waals surface area (Å²) in [7, 11) is 0. The van der Waals surface area contributed by atoms with Gasteiger partial charge in [-0.3, -0.25) is 9.36 Å². The van der Waals surface area contributed by atoms with E-state index >= 15 is 0 Å². The van der Waals surface area contributed by atoms with Crippen LogP contribution in [0.2, 0.25) is 0 Å². The van der Waals surface area contributed by atoms with Crippen molar-refractivity contribution >= 4 is 23.5 Å². The lowest BCUT2D eigenvalue weighted by Gasteiger charge is -2.15. The van der Waals surface area contributed by atoms with Crippen LogP contribution >= 0.6 is 23.5 Å². The quantitative estimate of drug-likeness (QED) is 0.559. The van der Waals surface area contributed by atoms with Crippen molar-refractivity contribution in [3.05, 3.63) is 45.4 Å². The van der Waals surface area contributed by atoms with Crippen LogP contribution in [0, 0.1) is 13.8 Å². The SMILES string of the molecule is Cc1cc(C)cc(-n2c(SCCC3OCCO3)nc3c(c2=O)SC(C)C3)c1. The molecular formula is C20H24N2O3S2. The maximum Gasteiger partial charge on any atom is 0.272 e. The largest absolute Gasteiger partial charge is 0.350 e. The monoisotopic (exact) mass is 404 g/mol. The van der Waals surface area contributed by atoms with Gasteiger partial charge in [-0.2, -0.15) is 0 Å². The number of nitrogens with zero attached hydrogens (tertiary/aromatic N) is 2. The number of aromatic nitrogens is 2. The highest BCUT2D eigenvalue weighted by molar-refractivity contribution is 8.00. The maximum absolute atomic E-state index is 13.3. The Balaban J connectivity index is 1.70. The molecule has 0 radical (unpaired) electrons. The van der Waals surface area contributed by atoms with Crippen LogP contribution in [-0.4, -0.2) is 40.1 Å². The van der Waals surface area contributed by atoms with E-state index in [1.165, 1.54) is 0 Å². The van der Waals surface area contributed by atoms with Crippen LogP contribution in [0.4, 0.5) is 0 Å². The Bertz CT molecular complexity index is 887. The molecule has 2 aliphatic rings. The molecule has 1 saturated heterocycles. The van der Waals surface area contributed by atoms with Crippen molar-refractivity contribution in [2.45, 2.75) is 55.2 Å². The minimum Gasteiger partial charge on any atom is -0.350 e. The van der Waals surface area contributed by atoms with Gasteiger partial charge in [0.05, 0.1) is 29.5 Å². The smallest absolute Gasteiger partial charge is 0.272 e. The highest BCUT2D eigenvalue weighted by atomic mass is 32.2. The van der Waals surface area contributed by atoms with Crippen molar-refractivity contribution in [3.8, 4) is 5.69 Å². The summed E-state index contributed by atoms with van der Waals surface area (Å²) in [5.41, 5.74) is 4.16. The summed E-state index contributed by atoms with van der Waals surface area (Å²) in [5, 5.41) is 1.16. The zero-order valence-corrected chi connectivity index (χ0v) is 17.5. The normalized spacial score (nSPS) is 19.6. The van der Waals surface area contributed by atoms with Crippen LogP contribution in [0.5, 0.6) is 0 Å². The van der Waals surface area contributed by atoms with Crippen LogP contribution in [0.25, 0.3) is 5.69 Å². The molecule has 1 fully saturated rings. The Morgan fingerprint density at radius 2 is 1.93 bits per heavy atom. The van der Waals surface area contributed by atoms with Gasteiger partial charge in [0.1, 0.15) is 0 Å². The molecule has 0 amide bonds. The van der Waals surface area contributed by atoms with Crippen LogP contribution in [-0.2, 0) is 15.9 Å². The van der Waals surface area contributed by atoms with Gasteiger partial charge >= 0.3 is 0 Å². The fourth-order valence-corrected chi connectivity index (χ4v) is 5.61. The van der Waals surface area contributed by atoms with Crippen molar-refractivity contribution < 1.29 is 9.47 Å². The Hall–Kier alpha value is -1.28. The minimum atomic E-state index is -0.135. The fraction of sp³-hybridized carbons (Fsp3) is 0.500. The first-order chi connectivity index (χ1) is 13.0. The maximum atomic E-state index is 13.3. The molecule has 0 bridgehead atoms. The molecule has 1 unspecified atom stereocenters. The van der Waals surface area contributed by atoms with Crippen molar-refractivity contribution in [3.63, 3.8) is 0 Å². The predicted molar refractivity (Wildman–Crippen MR) is 109 cm³/mol. The molecule has 1 aromatic heterocycles. The molecule has 4 rings (SSSR count). The van der Waals surface area contributed by atoms with E-state index in [-0.39, 0.29) is 11.8 Å². The Labute approximate surface area is 167 Å². The van der Waals surface area contributed by atoms with E-state index in [0.717, 1.165) is 51.2 Å². The van der Waals surface area contributed by atoms with Gasteiger partial charge in [-0.05, 0) is 37.1 Å². The molecule has 27 heavy (non-hydrogen) atoms. The second kappa shape index (κ2) is 7.99. The molecule has 0 aliphatic carbocycles. The highest BCUT2D eigenvalue weighted by Crippen LogP contribution is 2.35. The van der Waals surface area contributed by atoms with Gasteiger partial charge in [-0.25, -0.2) is 4.98 Å². The van der Waals surface area contributed by atoms with E-state index < -0.39 is 0 Å². The average Bonchev–Trinajstić information content (AvgIpc) is 3.23. The fourth-order valence-electron chi connectivity index (χ4n) is 3.52. The van der Waals surface area contributed by atoms with E-state index in [1.54, 1.807) is 28.1 Å². The number of aryl methyl sites for hydroxylation is 2. The lowest BCUT2D eigenvalue weighted by molar-refractivity contribution is -0.0421. The summed E-state index contributed by atoms with van der Waals surface area (Å²) in [5.74, 6) is 0.795. The van der Waals surface area contributed by atoms with Gasteiger partial charge in [0.25, 0.3) is 5.56 Å². The number of benzene rings is 1. The zero-order chi connectivity index (χ0) is 19.0. The number of hydrogen-bond acceptors (Lipinski definition) is 6. The van der Waals surface area contributed by atoms with Crippen LogP contribution in [0.1, 0.15) is 30.2 Å². The first-order valence-corrected chi connectivity index (χ1v) is 11.1. The van der Waals surface area contributed by atoms with Gasteiger partial charge in [-0.1, -0.05) is 24.8 Å². The van der Waals surface area contributed by atoms with Crippen molar-refractivity contribution in [1.29, 1.82) is 0 Å². The third kappa shape index (κ3) is 4.11. The van der Waals surface area contributed by atoms with Crippen LogP contribution in [0.3, 0.4) is 0 Å². The Morgan fingerprint density at radius 3 is 2.63 bits per heavy atom. The van der Waals surface area contributed by atoms with E-state index in [2.05, 4.69) is 39.0 Å². The third-order valence-corrected chi connectivity index (χ3v) is 6.81. The summed E-state index contributed by atoms with van der Waals surface area (Å²) in [6, 6.07) is 6.23. The minimum absolute atomic E-state index is 0.0511. The number of thioether (sulfide) groups is 2. The summed E-state index contributed by atoms with van der Waals surface area (Å²) < 4.78 is 12.8. The molecule has 2 aromatic rings. The highest BCUT2D eigenvalue weighted by Gasteiger charge is 2.27. The first-order valence-electron chi connectivity index (χ1n) is 9.28. The van der Waals surface area contributed by atoms with E-state index in [1.807, 2.05) is 0 Å². The number of hydrogen-bond donors (Lipinski definition) is 0. The number of ether oxygens (including phenoxy) is 2. The van der Waals surface area contributed by atoms with Gasteiger partial charge < -0.3 is 9.47 Å². The molecule has 0 N–H and O–H groups in total. The number of rotatable bonds is 5. The van der Waals surface area contributed by atoms with Crippen molar-refractivity contribution in [1.82, 2.24) is 9.55 Å². The summed E-state index contributed by atoms with van der Waals surface area (Å²) in [6.07, 6.45) is 1.50. The topological polar surface area (TPSA) is 53.4 Å². The third-order valence-electron chi connectivity index (χ3n) is 4.62. The molecule has 144 valence electrons. The van der Waals surface area contributed by atoms with E-state index in [9.17, 15) is 4.79 Å². The Kier molecular flexibility index (Phi) is 5.64. The molecule has 5 nitrogen and oxygen atoms in total. The lowest BCUT2D eigenvalue weighted by atomic mass is 10.1. The van der Waals surface area contributed by atoms with Gasteiger partial charge in [-0.15, -0.1) is 11.8 Å². The molecule has 0 spiro atoms. The van der Waals surface area contributed by atoms with E-state index in [0.29, 0.717) is 18.5 Å². The second-order valence-corrected chi connectivity index (χ2v) is 9.61. The van der Waals surface area contributed by atoms with Gasteiger partial charge in [0, 0.05) is 23.8 Å². The molecule has 7 heteroatoms. The van der Waals surface area contributed by atoms with Crippen LogP contribution < -0.4 is 5.56 Å².